The lowest BCUT2D eigenvalue weighted by molar-refractivity contribution is 0.475. The van der Waals surface area contributed by atoms with Crippen molar-refractivity contribution < 1.29 is 5.11 Å². The van der Waals surface area contributed by atoms with Crippen LogP contribution in [0.3, 0.4) is 0 Å². The van der Waals surface area contributed by atoms with E-state index in [9.17, 15) is 0 Å². The number of rotatable bonds is 6. The second-order valence-corrected chi connectivity index (χ2v) is 3.52. The predicted molar refractivity (Wildman–Crippen MR) is 59.6 cm³/mol. The molecule has 0 amide bonds. The van der Waals surface area contributed by atoms with Gasteiger partial charge in [-0.05, 0) is 50.0 Å². The fourth-order valence-corrected chi connectivity index (χ4v) is 1.38. The first-order valence-corrected chi connectivity index (χ1v) is 5.31. The first kappa shape index (κ1) is 11.1. The Morgan fingerprint density at radius 2 is 1.86 bits per heavy atom. The molecule has 0 aliphatic carbocycles. The Morgan fingerprint density at radius 3 is 2.50 bits per heavy atom. The normalized spacial score (nSPS) is 10.4. The zero-order valence-electron chi connectivity index (χ0n) is 8.79. The van der Waals surface area contributed by atoms with Crippen molar-refractivity contribution in [2.24, 2.45) is 0 Å². The maximum atomic E-state index is 9.09. The van der Waals surface area contributed by atoms with Gasteiger partial charge in [-0.2, -0.15) is 0 Å². The third-order valence-electron chi connectivity index (χ3n) is 2.18. The fraction of sp³-hybridized carbons (Fsp3) is 0.500. The topological polar surface area (TPSA) is 32.3 Å². The van der Waals surface area contributed by atoms with Gasteiger partial charge in [0.25, 0.3) is 0 Å². The number of benzene rings is 1. The number of hydrogen-bond acceptors (Lipinski definition) is 2. The Balaban J connectivity index is 2.15. The lowest BCUT2D eigenvalue weighted by atomic mass is 10.1. The van der Waals surface area contributed by atoms with Crippen molar-refractivity contribution in [3.05, 3.63) is 29.8 Å². The second-order valence-electron chi connectivity index (χ2n) is 3.52. The number of phenolic OH excluding ortho intramolecular Hbond substituents is 1. The minimum atomic E-state index is 0.345. The molecule has 0 saturated heterocycles. The molecule has 0 bridgehead atoms. The molecule has 14 heavy (non-hydrogen) atoms. The van der Waals surface area contributed by atoms with Gasteiger partial charge in [0, 0.05) is 0 Å². The van der Waals surface area contributed by atoms with E-state index in [2.05, 4.69) is 12.2 Å². The van der Waals surface area contributed by atoms with E-state index < -0.39 is 0 Å². The molecule has 0 aromatic heterocycles. The fourth-order valence-electron chi connectivity index (χ4n) is 1.38. The summed E-state index contributed by atoms with van der Waals surface area (Å²) in [7, 11) is 0. The van der Waals surface area contributed by atoms with Gasteiger partial charge in [0.15, 0.2) is 0 Å². The Bertz CT molecular complexity index is 243. The molecule has 0 heterocycles. The summed E-state index contributed by atoms with van der Waals surface area (Å²) in [6.45, 7) is 4.36. The van der Waals surface area contributed by atoms with E-state index in [0.717, 1.165) is 25.9 Å². The van der Waals surface area contributed by atoms with Crippen molar-refractivity contribution in [3.63, 3.8) is 0 Å². The summed E-state index contributed by atoms with van der Waals surface area (Å²) in [6.07, 6.45) is 3.43. The molecule has 0 saturated carbocycles. The number of phenols is 1. The van der Waals surface area contributed by atoms with Crippen LogP contribution in [-0.4, -0.2) is 18.2 Å². The van der Waals surface area contributed by atoms with Crippen LogP contribution in [0.5, 0.6) is 5.75 Å². The van der Waals surface area contributed by atoms with Gasteiger partial charge in [-0.3, -0.25) is 0 Å². The minimum Gasteiger partial charge on any atom is -0.508 e. The van der Waals surface area contributed by atoms with E-state index in [1.807, 2.05) is 12.1 Å². The standard InChI is InChI=1S/C12H19NO/c1-2-9-13-10-3-4-11-5-7-12(14)8-6-11/h5-8,13-14H,2-4,9-10H2,1H3. The van der Waals surface area contributed by atoms with Gasteiger partial charge in [-0.15, -0.1) is 0 Å². The highest BCUT2D eigenvalue weighted by atomic mass is 16.3. The van der Waals surface area contributed by atoms with Crippen LogP contribution in [0, 0.1) is 0 Å². The molecular formula is C12H19NO. The Morgan fingerprint density at radius 1 is 1.14 bits per heavy atom. The predicted octanol–water partition coefficient (Wildman–Crippen LogP) is 2.32. The molecule has 1 aromatic carbocycles. The Kier molecular flexibility index (Phi) is 5.08. The van der Waals surface area contributed by atoms with Crippen LogP contribution in [0.2, 0.25) is 0 Å². The van der Waals surface area contributed by atoms with Gasteiger partial charge in [0.1, 0.15) is 5.75 Å². The highest BCUT2D eigenvalue weighted by Crippen LogP contribution is 2.10. The molecule has 0 atom stereocenters. The van der Waals surface area contributed by atoms with E-state index in [1.165, 1.54) is 12.0 Å². The molecule has 0 unspecified atom stereocenters. The number of hydrogen-bond donors (Lipinski definition) is 2. The van der Waals surface area contributed by atoms with E-state index in [1.54, 1.807) is 12.1 Å². The van der Waals surface area contributed by atoms with E-state index in [4.69, 9.17) is 5.11 Å². The van der Waals surface area contributed by atoms with Crippen LogP contribution in [0.25, 0.3) is 0 Å². The van der Waals surface area contributed by atoms with Gasteiger partial charge < -0.3 is 10.4 Å². The molecule has 0 fully saturated rings. The SMILES string of the molecule is CCCNCCCc1ccc(O)cc1. The first-order valence-electron chi connectivity index (χ1n) is 5.31. The summed E-state index contributed by atoms with van der Waals surface area (Å²) in [6, 6.07) is 7.45. The summed E-state index contributed by atoms with van der Waals surface area (Å²) in [5.41, 5.74) is 1.29. The van der Waals surface area contributed by atoms with Gasteiger partial charge in [0.2, 0.25) is 0 Å². The van der Waals surface area contributed by atoms with Crippen molar-refractivity contribution in [2.75, 3.05) is 13.1 Å². The molecule has 1 rings (SSSR count). The average molecular weight is 193 g/mol. The van der Waals surface area contributed by atoms with Gasteiger partial charge in [-0.25, -0.2) is 0 Å². The molecule has 2 heteroatoms. The van der Waals surface area contributed by atoms with E-state index in [-0.39, 0.29) is 0 Å². The molecule has 1 aromatic rings. The van der Waals surface area contributed by atoms with Crippen LogP contribution < -0.4 is 5.32 Å². The van der Waals surface area contributed by atoms with Crippen molar-refractivity contribution in [1.82, 2.24) is 5.32 Å². The molecule has 0 spiro atoms. The van der Waals surface area contributed by atoms with Gasteiger partial charge in [0.05, 0.1) is 0 Å². The second kappa shape index (κ2) is 6.44. The van der Waals surface area contributed by atoms with Crippen molar-refractivity contribution in [3.8, 4) is 5.75 Å². The Hall–Kier alpha value is -1.02. The number of nitrogens with one attached hydrogen (secondary N) is 1. The first-order chi connectivity index (χ1) is 6.83. The van der Waals surface area contributed by atoms with Gasteiger partial charge >= 0.3 is 0 Å². The van der Waals surface area contributed by atoms with E-state index >= 15 is 0 Å². The molecule has 2 N–H and O–H groups in total. The molecule has 0 aliphatic rings. The van der Waals surface area contributed by atoms with Gasteiger partial charge in [-0.1, -0.05) is 19.1 Å². The molecule has 78 valence electrons. The molecule has 0 radical (unpaired) electrons. The van der Waals surface area contributed by atoms with E-state index in [0.29, 0.717) is 5.75 Å². The largest absolute Gasteiger partial charge is 0.508 e. The summed E-state index contributed by atoms with van der Waals surface area (Å²) in [4.78, 5) is 0. The third-order valence-corrected chi connectivity index (χ3v) is 2.18. The zero-order chi connectivity index (χ0) is 10.2. The lowest BCUT2D eigenvalue weighted by Crippen LogP contribution is -2.16. The molecule has 0 aliphatic heterocycles. The smallest absolute Gasteiger partial charge is 0.115 e. The summed E-state index contributed by atoms with van der Waals surface area (Å²) in [5, 5.41) is 12.5. The van der Waals surface area contributed by atoms with Crippen LogP contribution in [0.15, 0.2) is 24.3 Å². The maximum Gasteiger partial charge on any atom is 0.115 e. The highest BCUT2D eigenvalue weighted by molar-refractivity contribution is 5.25. The summed E-state index contributed by atoms with van der Waals surface area (Å²) < 4.78 is 0. The van der Waals surface area contributed by atoms with Crippen LogP contribution in [0.4, 0.5) is 0 Å². The monoisotopic (exact) mass is 193 g/mol. The molecular weight excluding hydrogens is 174 g/mol. The lowest BCUT2D eigenvalue weighted by Gasteiger charge is -2.03. The quantitative estimate of drug-likeness (QED) is 0.680. The summed E-state index contributed by atoms with van der Waals surface area (Å²) >= 11 is 0. The Labute approximate surface area is 86.0 Å². The average Bonchev–Trinajstić information content (AvgIpc) is 2.21. The van der Waals surface area contributed by atoms with Crippen molar-refractivity contribution >= 4 is 0 Å². The van der Waals surface area contributed by atoms with Crippen LogP contribution >= 0.6 is 0 Å². The third kappa shape index (κ3) is 4.28. The van der Waals surface area contributed by atoms with Crippen LogP contribution in [-0.2, 0) is 6.42 Å². The number of aryl methyl sites for hydroxylation is 1. The molecule has 2 nitrogen and oxygen atoms in total. The minimum absolute atomic E-state index is 0.345. The number of aromatic hydroxyl groups is 1. The van der Waals surface area contributed by atoms with Crippen molar-refractivity contribution in [2.45, 2.75) is 26.2 Å². The van der Waals surface area contributed by atoms with Crippen LogP contribution in [0.1, 0.15) is 25.3 Å². The summed E-state index contributed by atoms with van der Waals surface area (Å²) in [5.74, 6) is 0.345. The maximum absolute atomic E-state index is 9.09. The van der Waals surface area contributed by atoms with Crippen molar-refractivity contribution in [1.29, 1.82) is 0 Å². The zero-order valence-corrected chi connectivity index (χ0v) is 8.79. The highest BCUT2D eigenvalue weighted by Gasteiger charge is 1.93.